The molecule has 2 aliphatic heterocycles. The van der Waals surface area contributed by atoms with Crippen LogP contribution < -0.4 is 10.1 Å². The molecular weight excluding hydrogens is 368 g/mol. The summed E-state index contributed by atoms with van der Waals surface area (Å²) in [6.07, 6.45) is 1.42. The SMILES string of the molecule is c1ccc([C@@H]2C3=C(Nc4ncnn42)c2ccccc2O[C@H]3c2cccs2)cc1. The molecule has 4 heterocycles. The van der Waals surface area contributed by atoms with E-state index in [9.17, 15) is 0 Å². The molecule has 2 aliphatic rings. The van der Waals surface area contributed by atoms with E-state index in [1.54, 1.807) is 17.7 Å². The van der Waals surface area contributed by atoms with Gasteiger partial charge in [-0.1, -0.05) is 48.5 Å². The van der Waals surface area contributed by atoms with Crippen molar-refractivity contribution in [1.29, 1.82) is 0 Å². The fourth-order valence-electron chi connectivity index (χ4n) is 4.05. The smallest absolute Gasteiger partial charge is 0.226 e. The van der Waals surface area contributed by atoms with Gasteiger partial charge in [-0.15, -0.1) is 11.3 Å². The number of nitrogens with one attached hydrogen (secondary N) is 1. The Balaban J connectivity index is 1.65. The summed E-state index contributed by atoms with van der Waals surface area (Å²) in [6.45, 7) is 0. The third kappa shape index (κ3) is 2.25. The van der Waals surface area contributed by atoms with Gasteiger partial charge in [0.15, 0.2) is 6.10 Å². The number of rotatable bonds is 2. The molecule has 2 atom stereocenters. The van der Waals surface area contributed by atoms with Crippen molar-refractivity contribution < 1.29 is 4.74 Å². The lowest BCUT2D eigenvalue weighted by Crippen LogP contribution is -2.32. The first kappa shape index (κ1) is 15.7. The first-order chi connectivity index (χ1) is 13.9. The monoisotopic (exact) mass is 384 g/mol. The summed E-state index contributed by atoms with van der Waals surface area (Å²) in [5.41, 5.74) is 4.44. The van der Waals surface area contributed by atoms with Gasteiger partial charge in [-0.05, 0) is 29.1 Å². The highest BCUT2D eigenvalue weighted by atomic mass is 32.1. The zero-order valence-electron chi connectivity index (χ0n) is 14.8. The number of para-hydroxylation sites is 1. The van der Waals surface area contributed by atoms with Crippen LogP contribution in [-0.2, 0) is 0 Å². The van der Waals surface area contributed by atoms with Gasteiger partial charge in [-0.3, -0.25) is 0 Å². The van der Waals surface area contributed by atoms with E-state index in [1.807, 2.05) is 28.9 Å². The molecule has 0 amide bonds. The molecule has 2 aromatic carbocycles. The van der Waals surface area contributed by atoms with Crippen LogP contribution in [0.1, 0.15) is 28.1 Å². The molecule has 0 aliphatic carbocycles. The van der Waals surface area contributed by atoms with Crippen LogP contribution in [0.15, 0.2) is 84.0 Å². The van der Waals surface area contributed by atoms with Gasteiger partial charge in [0.1, 0.15) is 18.1 Å². The van der Waals surface area contributed by atoms with Gasteiger partial charge in [0.2, 0.25) is 5.95 Å². The van der Waals surface area contributed by atoms with E-state index in [0.717, 1.165) is 34.1 Å². The molecule has 0 unspecified atom stereocenters. The van der Waals surface area contributed by atoms with Crippen LogP contribution >= 0.6 is 11.3 Å². The van der Waals surface area contributed by atoms with Crippen LogP contribution in [0, 0.1) is 0 Å². The second-order valence-corrected chi connectivity index (χ2v) is 7.79. The number of thiophene rings is 1. The standard InChI is InChI=1S/C22H16N4OS/c1-2-7-14(8-3-1)20-18-19(25-22-23-13-24-26(20)22)15-9-4-5-10-16(15)27-21(18)17-11-6-12-28-17/h1-13,20-21H,(H,23,24,25)/t20-,21+/m1/s1. The summed E-state index contributed by atoms with van der Waals surface area (Å²) < 4.78 is 8.49. The Bertz CT molecular complexity index is 1180. The lowest BCUT2D eigenvalue weighted by Gasteiger charge is -2.38. The number of hydrogen-bond acceptors (Lipinski definition) is 5. The second kappa shape index (κ2) is 6.07. The molecule has 28 heavy (non-hydrogen) atoms. The van der Waals surface area contributed by atoms with Crippen LogP contribution in [0.3, 0.4) is 0 Å². The van der Waals surface area contributed by atoms with Gasteiger partial charge >= 0.3 is 0 Å². The summed E-state index contributed by atoms with van der Waals surface area (Å²) in [6, 6.07) is 22.7. The number of fused-ring (bicyclic) bond motifs is 3. The number of hydrogen-bond donors (Lipinski definition) is 1. The quantitative estimate of drug-likeness (QED) is 0.534. The average Bonchev–Trinajstić information content (AvgIpc) is 3.44. The van der Waals surface area contributed by atoms with Crippen molar-refractivity contribution in [1.82, 2.24) is 14.8 Å². The topological polar surface area (TPSA) is 52.0 Å². The minimum absolute atomic E-state index is 0.0876. The van der Waals surface area contributed by atoms with E-state index in [-0.39, 0.29) is 12.1 Å². The minimum atomic E-state index is -0.181. The summed E-state index contributed by atoms with van der Waals surface area (Å²) in [4.78, 5) is 5.63. The van der Waals surface area contributed by atoms with Crippen molar-refractivity contribution >= 4 is 23.0 Å². The largest absolute Gasteiger partial charge is 0.480 e. The van der Waals surface area contributed by atoms with Crippen LogP contribution in [0.25, 0.3) is 5.70 Å². The molecule has 1 N–H and O–H groups in total. The Morgan fingerprint density at radius 3 is 2.68 bits per heavy atom. The van der Waals surface area contributed by atoms with Gasteiger partial charge in [-0.2, -0.15) is 10.1 Å². The van der Waals surface area contributed by atoms with Crippen LogP contribution in [0.2, 0.25) is 0 Å². The number of aromatic nitrogens is 3. The summed E-state index contributed by atoms with van der Waals surface area (Å²) in [5.74, 6) is 1.63. The van der Waals surface area contributed by atoms with Crippen molar-refractivity contribution in [2.24, 2.45) is 0 Å². The molecule has 6 rings (SSSR count). The van der Waals surface area contributed by atoms with Crippen molar-refractivity contribution in [2.45, 2.75) is 12.1 Å². The maximum absolute atomic E-state index is 6.54. The van der Waals surface area contributed by atoms with Gasteiger partial charge in [-0.25, -0.2) is 4.68 Å². The number of ether oxygens (including phenoxy) is 1. The molecule has 0 radical (unpaired) electrons. The maximum atomic E-state index is 6.54. The van der Waals surface area contributed by atoms with Crippen molar-refractivity contribution in [3.05, 3.63) is 100 Å². The first-order valence-electron chi connectivity index (χ1n) is 9.15. The fourth-order valence-corrected chi connectivity index (χ4v) is 4.82. The van der Waals surface area contributed by atoms with Crippen molar-refractivity contribution in [3.63, 3.8) is 0 Å². The van der Waals surface area contributed by atoms with E-state index < -0.39 is 0 Å². The first-order valence-corrected chi connectivity index (χ1v) is 10.0. The molecular formula is C22H16N4OS. The van der Waals surface area contributed by atoms with Crippen molar-refractivity contribution in [2.75, 3.05) is 5.32 Å². The van der Waals surface area contributed by atoms with Gasteiger partial charge in [0.05, 0.1) is 5.70 Å². The van der Waals surface area contributed by atoms with Gasteiger partial charge in [0.25, 0.3) is 0 Å². The highest BCUT2D eigenvalue weighted by molar-refractivity contribution is 7.10. The predicted octanol–water partition coefficient (Wildman–Crippen LogP) is 4.90. The molecule has 4 aromatic rings. The highest BCUT2D eigenvalue weighted by Crippen LogP contribution is 2.51. The Hall–Kier alpha value is -3.38. The highest BCUT2D eigenvalue weighted by Gasteiger charge is 2.41. The number of benzene rings is 2. The summed E-state index contributed by atoms with van der Waals surface area (Å²) in [5, 5.41) is 10.1. The maximum Gasteiger partial charge on any atom is 0.226 e. The van der Waals surface area contributed by atoms with Gasteiger partial charge in [0, 0.05) is 16.0 Å². The van der Waals surface area contributed by atoms with Crippen LogP contribution in [-0.4, -0.2) is 14.8 Å². The average molecular weight is 384 g/mol. The molecule has 5 nitrogen and oxygen atoms in total. The van der Waals surface area contributed by atoms with E-state index in [4.69, 9.17) is 4.74 Å². The normalized spacial score (nSPS) is 19.9. The Morgan fingerprint density at radius 2 is 1.82 bits per heavy atom. The molecule has 2 aromatic heterocycles. The molecule has 136 valence electrons. The minimum Gasteiger partial charge on any atom is -0.480 e. The third-order valence-corrected chi connectivity index (χ3v) is 6.15. The lowest BCUT2D eigenvalue weighted by molar-refractivity contribution is 0.226. The Kier molecular flexibility index (Phi) is 3.39. The molecule has 0 fully saturated rings. The van der Waals surface area contributed by atoms with E-state index in [1.165, 1.54) is 4.88 Å². The lowest BCUT2D eigenvalue weighted by atomic mass is 9.87. The number of anilines is 1. The molecule has 0 saturated carbocycles. The molecule has 6 heteroatoms. The second-order valence-electron chi connectivity index (χ2n) is 6.81. The van der Waals surface area contributed by atoms with E-state index >= 15 is 0 Å². The molecule has 0 spiro atoms. The fraction of sp³-hybridized carbons (Fsp3) is 0.0909. The number of nitrogens with zero attached hydrogens (tertiary/aromatic N) is 3. The Labute approximate surface area is 165 Å². The van der Waals surface area contributed by atoms with Crippen LogP contribution in [0.4, 0.5) is 5.95 Å². The van der Waals surface area contributed by atoms with E-state index in [2.05, 4.69) is 63.2 Å². The van der Waals surface area contributed by atoms with E-state index in [0.29, 0.717) is 0 Å². The zero-order valence-corrected chi connectivity index (χ0v) is 15.6. The summed E-state index contributed by atoms with van der Waals surface area (Å²) >= 11 is 1.71. The predicted molar refractivity (Wildman–Crippen MR) is 109 cm³/mol. The molecule has 0 saturated heterocycles. The summed E-state index contributed by atoms with van der Waals surface area (Å²) in [7, 11) is 0. The van der Waals surface area contributed by atoms with Crippen molar-refractivity contribution in [3.8, 4) is 5.75 Å². The zero-order chi connectivity index (χ0) is 18.5. The molecule has 0 bridgehead atoms. The van der Waals surface area contributed by atoms with Crippen LogP contribution in [0.5, 0.6) is 5.75 Å². The third-order valence-electron chi connectivity index (χ3n) is 5.24. The van der Waals surface area contributed by atoms with Gasteiger partial charge < -0.3 is 10.1 Å². The Morgan fingerprint density at radius 1 is 0.964 bits per heavy atom.